The van der Waals surface area contributed by atoms with Crippen molar-refractivity contribution in [3.05, 3.63) is 23.8 Å². The smallest absolute Gasteiger partial charge is 0.134 e. The summed E-state index contributed by atoms with van der Waals surface area (Å²) in [5.74, 6) is 1.07. The second-order valence-electron chi connectivity index (χ2n) is 6.95. The molecule has 0 aliphatic rings. The fraction of sp³-hybridized carbons (Fsp3) is 0.800. The van der Waals surface area contributed by atoms with Gasteiger partial charge in [0.25, 0.3) is 0 Å². The third-order valence-corrected chi connectivity index (χ3v) is 4.82. The molecule has 0 aliphatic heterocycles. The van der Waals surface area contributed by atoms with Gasteiger partial charge in [0.1, 0.15) is 5.82 Å². The molecule has 2 heteroatoms. The van der Waals surface area contributed by atoms with Crippen LogP contribution in [-0.4, -0.2) is 9.97 Å². The van der Waals surface area contributed by atoms with Gasteiger partial charge in [-0.1, -0.05) is 79.1 Å². The van der Waals surface area contributed by atoms with Crippen molar-refractivity contribution in [2.45, 2.75) is 104 Å². The molecule has 0 radical (unpaired) electrons. The number of aromatic nitrogens is 2. The van der Waals surface area contributed by atoms with Crippen molar-refractivity contribution in [3.63, 3.8) is 0 Å². The van der Waals surface area contributed by atoms with Crippen LogP contribution in [-0.2, 0) is 11.8 Å². The standard InChI is InChI=1S/C20H36N2/c1-5-8-10-11-13-15-20(4,14-12-9-6-2)19-21-16-18(7-3)17-22-19/h16-17H,5-15H2,1-4H3. The molecular formula is C20H36N2. The SMILES string of the molecule is CCCCCCCC(C)(CCCCC)c1ncc(CC)cn1. The molecule has 0 aliphatic carbocycles. The molecule has 1 atom stereocenters. The zero-order valence-corrected chi connectivity index (χ0v) is 15.3. The largest absolute Gasteiger partial charge is 0.241 e. The van der Waals surface area contributed by atoms with Crippen molar-refractivity contribution in [1.29, 1.82) is 0 Å². The lowest BCUT2D eigenvalue weighted by molar-refractivity contribution is 0.346. The van der Waals surface area contributed by atoms with Crippen molar-refractivity contribution < 1.29 is 0 Å². The molecule has 1 unspecified atom stereocenters. The molecule has 1 aromatic heterocycles. The van der Waals surface area contributed by atoms with Crippen LogP contribution in [0.4, 0.5) is 0 Å². The number of unbranched alkanes of at least 4 members (excludes halogenated alkanes) is 6. The average Bonchev–Trinajstić information content (AvgIpc) is 2.55. The molecule has 1 heterocycles. The van der Waals surface area contributed by atoms with Gasteiger partial charge in [0, 0.05) is 17.8 Å². The Morgan fingerprint density at radius 1 is 0.773 bits per heavy atom. The molecule has 0 saturated carbocycles. The predicted molar refractivity (Wildman–Crippen MR) is 96.3 cm³/mol. The first-order valence-electron chi connectivity index (χ1n) is 9.47. The van der Waals surface area contributed by atoms with Gasteiger partial charge in [0.2, 0.25) is 0 Å². The average molecular weight is 305 g/mol. The minimum Gasteiger partial charge on any atom is -0.241 e. The van der Waals surface area contributed by atoms with Gasteiger partial charge in [-0.25, -0.2) is 9.97 Å². The summed E-state index contributed by atoms with van der Waals surface area (Å²) in [6.07, 6.45) is 18.1. The molecule has 0 N–H and O–H groups in total. The molecule has 0 bridgehead atoms. The third-order valence-electron chi connectivity index (χ3n) is 4.82. The van der Waals surface area contributed by atoms with E-state index >= 15 is 0 Å². The zero-order valence-electron chi connectivity index (χ0n) is 15.3. The second kappa shape index (κ2) is 10.7. The lowest BCUT2D eigenvalue weighted by Gasteiger charge is -2.28. The Hall–Kier alpha value is -0.920. The topological polar surface area (TPSA) is 25.8 Å². The maximum atomic E-state index is 4.70. The highest BCUT2D eigenvalue weighted by molar-refractivity contribution is 5.11. The lowest BCUT2D eigenvalue weighted by Crippen LogP contribution is -2.25. The summed E-state index contributed by atoms with van der Waals surface area (Å²) < 4.78 is 0. The van der Waals surface area contributed by atoms with Crippen LogP contribution in [0.5, 0.6) is 0 Å². The molecule has 22 heavy (non-hydrogen) atoms. The highest BCUT2D eigenvalue weighted by Crippen LogP contribution is 2.33. The maximum Gasteiger partial charge on any atom is 0.134 e. The van der Waals surface area contributed by atoms with E-state index < -0.39 is 0 Å². The zero-order chi connectivity index (χ0) is 16.3. The Bertz CT molecular complexity index is 385. The van der Waals surface area contributed by atoms with Crippen LogP contribution in [0.2, 0.25) is 0 Å². The number of nitrogens with zero attached hydrogens (tertiary/aromatic N) is 2. The van der Waals surface area contributed by atoms with Crippen molar-refractivity contribution in [3.8, 4) is 0 Å². The monoisotopic (exact) mass is 304 g/mol. The van der Waals surface area contributed by atoms with E-state index in [0.717, 1.165) is 12.2 Å². The van der Waals surface area contributed by atoms with Crippen molar-refractivity contribution in [2.75, 3.05) is 0 Å². The summed E-state index contributed by atoms with van der Waals surface area (Å²) in [7, 11) is 0. The molecule has 0 aromatic carbocycles. The minimum atomic E-state index is 0.160. The van der Waals surface area contributed by atoms with Gasteiger partial charge in [0.15, 0.2) is 0 Å². The van der Waals surface area contributed by atoms with Crippen molar-refractivity contribution in [1.82, 2.24) is 9.97 Å². The number of rotatable bonds is 12. The number of aryl methyl sites for hydroxylation is 1. The summed E-state index contributed by atoms with van der Waals surface area (Å²) in [6.45, 7) is 9.09. The summed E-state index contributed by atoms with van der Waals surface area (Å²) in [4.78, 5) is 9.41. The molecule has 0 fully saturated rings. The van der Waals surface area contributed by atoms with Crippen LogP contribution in [0.1, 0.15) is 103 Å². The summed E-state index contributed by atoms with van der Waals surface area (Å²) >= 11 is 0. The van der Waals surface area contributed by atoms with Gasteiger partial charge in [-0.15, -0.1) is 0 Å². The first-order chi connectivity index (χ1) is 10.7. The maximum absolute atomic E-state index is 4.70. The van der Waals surface area contributed by atoms with E-state index in [-0.39, 0.29) is 5.41 Å². The molecule has 126 valence electrons. The Morgan fingerprint density at radius 3 is 1.82 bits per heavy atom. The first kappa shape index (κ1) is 19.1. The quantitative estimate of drug-likeness (QED) is 0.427. The fourth-order valence-electron chi connectivity index (χ4n) is 3.08. The predicted octanol–water partition coefficient (Wildman–Crippen LogP) is 6.24. The van der Waals surface area contributed by atoms with E-state index in [0.29, 0.717) is 0 Å². The van der Waals surface area contributed by atoms with E-state index in [1.807, 2.05) is 12.4 Å². The van der Waals surface area contributed by atoms with Gasteiger partial charge in [-0.05, 0) is 24.8 Å². The van der Waals surface area contributed by atoms with Crippen LogP contribution in [0.25, 0.3) is 0 Å². The fourth-order valence-corrected chi connectivity index (χ4v) is 3.08. The molecule has 2 nitrogen and oxygen atoms in total. The van der Waals surface area contributed by atoms with E-state index in [4.69, 9.17) is 9.97 Å². The summed E-state index contributed by atoms with van der Waals surface area (Å²) in [5.41, 5.74) is 1.40. The van der Waals surface area contributed by atoms with E-state index in [1.54, 1.807) is 0 Å². The van der Waals surface area contributed by atoms with Crippen LogP contribution < -0.4 is 0 Å². The Labute approximate surface area is 138 Å². The lowest BCUT2D eigenvalue weighted by atomic mass is 9.79. The van der Waals surface area contributed by atoms with Crippen LogP contribution in [0.15, 0.2) is 12.4 Å². The van der Waals surface area contributed by atoms with E-state index in [2.05, 4.69) is 27.7 Å². The molecule has 0 amide bonds. The Balaban J connectivity index is 2.66. The number of hydrogen-bond acceptors (Lipinski definition) is 2. The Morgan fingerprint density at radius 2 is 1.27 bits per heavy atom. The van der Waals surface area contributed by atoms with Crippen molar-refractivity contribution in [2.24, 2.45) is 0 Å². The van der Waals surface area contributed by atoms with Gasteiger partial charge in [-0.2, -0.15) is 0 Å². The van der Waals surface area contributed by atoms with Gasteiger partial charge < -0.3 is 0 Å². The summed E-state index contributed by atoms with van der Waals surface area (Å²) in [6, 6.07) is 0. The van der Waals surface area contributed by atoms with Crippen LogP contribution in [0, 0.1) is 0 Å². The summed E-state index contributed by atoms with van der Waals surface area (Å²) in [5, 5.41) is 0. The third kappa shape index (κ3) is 6.46. The number of hydrogen-bond donors (Lipinski definition) is 0. The van der Waals surface area contributed by atoms with Crippen LogP contribution in [0.3, 0.4) is 0 Å². The van der Waals surface area contributed by atoms with Gasteiger partial charge >= 0.3 is 0 Å². The molecular weight excluding hydrogens is 268 g/mol. The van der Waals surface area contributed by atoms with Gasteiger partial charge in [0.05, 0.1) is 0 Å². The van der Waals surface area contributed by atoms with Gasteiger partial charge in [-0.3, -0.25) is 0 Å². The van der Waals surface area contributed by atoms with E-state index in [9.17, 15) is 0 Å². The van der Waals surface area contributed by atoms with Crippen LogP contribution >= 0.6 is 0 Å². The van der Waals surface area contributed by atoms with E-state index in [1.165, 1.54) is 69.8 Å². The first-order valence-corrected chi connectivity index (χ1v) is 9.47. The Kier molecular flexibility index (Phi) is 9.34. The normalized spacial score (nSPS) is 14.0. The molecule has 0 saturated heterocycles. The molecule has 1 aromatic rings. The second-order valence-corrected chi connectivity index (χ2v) is 6.95. The minimum absolute atomic E-state index is 0.160. The highest BCUT2D eigenvalue weighted by Gasteiger charge is 2.28. The highest BCUT2D eigenvalue weighted by atomic mass is 14.9. The molecule has 0 spiro atoms. The van der Waals surface area contributed by atoms with Crippen molar-refractivity contribution >= 4 is 0 Å². The molecule has 1 rings (SSSR count).